The fraction of sp³-hybridized carbons (Fsp3) is 0.0400. The molecule has 39 heavy (non-hydrogen) atoms. The summed E-state index contributed by atoms with van der Waals surface area (Å²) in [6.45, 7) is 0.250. The highest BCUT2D eigenvalue weighted by Crippen LogP contribution is 2.26. The first-order valence-corrected chi connectivity index (χ1v) is 12.2. The molecular weight excluding hydrogens is 545 g/mol. The number of halogens is 2. The van der Waals surface area contributed by atoms with Crippen molar-refractivity contribution in [2.24, 2.45) is 5.10 Å². The second-order valence-corrected chi connectivity index (χ2v) is 9.07. The van der Waals surface area contributed by atoms with Gasteiger partial charge in [-0.15, -0.1) is 0 Å². The Balaban J connectivity index is 1.23. The lowest BCUT2D eigenvalue weighted by Gasteiger charge is -2.11. The second-order valence-electron chi connectivity index (χ2n) is 8.23. The number of nitrogens with zero attached hydrogens (tertiary/aromatic N) is 5. The van der Waals surface area contributed by atoms with Crippen LogP contribution in [0.2, 0.25) is 10.0 Å². The predicted molar refractivity (Wildman–Crippen MR) is 148 cm³/mol. The summed E-state index contributed by atoms with van der Waals surface area (Å²) in [5, 5.41) is 16.1. The van der Waals surface area contributed by atoms with E-state index in [0.29, 0.717) is 43.9 Å². The van der Waals surface area contributed by atoms with E-state index in [1.165, 1.54) is 0 Å². The average Bonchev–Trinajstić information content (AvgIpc) is 3.53. The monoisotopic (exact) mass is 561 g/mol. The zero-order valence-corrected chi connectivity index (χ0v) is 21.3. The Labute approximate surface area is 229 Å². The van der Waals surface area contributed by atoms with Crippen molar-refractivity contribution in [3.63, 3.8) is 0 Å². The van der Waals surface area contributed by atoms with E-state index < -0.39 is 0 Å². The van der Waals surface area contributed by atoms with Crippen molar-refractivity contribution < 1.29 is 9.37 Å². The number of rotatable bonds is 8. The molecule has 12 nitrogen and oxygen atoms in total. The Morgan fingerprint density at radius 1 is 0.949 bits per heavy atom. The van der Waals surface area contributed by atoms with E-state index in [2.05, 4.69) is 46.1 Å². The van der Waals surface area contributed by atoms with Gasteiger partial charge >= 0.3 is 5.69 Å². The first-order valence-electron chi connectivity index (χ1n) is 11.5. The van der Waals surface area contributed by atoms with Gasteiger partial charge in [-0.3, -0.25) is 5.43 Å². The van der Waals surface area contributed by atoms with Gasteiger partial charge < -0.3 is 20.0 Å². The normalized spacial score (nSPS) is 11.4. The van der Waals surface area contributed by atoms with Crippen LogP contribution in [0.15, 0.2) is 75.2 Å². The molecular formula is C25H17Cl2N9O3. The van der Waals surface area contributed by atoms with E-state index in [1.54, 1.807) is 36.5 Å². The topological polar surface area (TPSA) is 159 Å². The number of H-pyrrole nitrogens is 2. The average molecular weight is 562 g/mol. The minimum atomic E-state index is -0.297. The van der Waals surface area contributed by atoms with Crippen molar-refractivity contribution >= 4 is 69.1 Å². The largest absolute Gasteiger partial charge is 0.488 e. The quantitative estimate of drug-likeness (QED) is 0.143. The molecule has 0 fully saturated rings. The van der Waals surface area contributed by atoms with Crippen LogP contribution in [0.1, 0.15) is 11.1 Å². The summed E-state index contributed by atoms with van der Waals surface area (Å²) in [5.74, 6) is 1.18. The van der Waals surface area contributed by atoms with Gasteiger partial charge in [-0.1, -0.05) is 41.4 Å². The number of hydrogen-bond donors (Lipinski definition) is 4. The summed E-state index contributed by atoms with van der Waals surface area (Å²) in [7, 11) is 0. The Hall–Kier alpha value is -4.94. The third kappa shape index (κ3) is 5.37. The summed E-state index contributed by atoms with van der Waals surface area (Å²) in [4.78, 5) is 25.9. The predicted octanol–water partition coefficient (Wildman–Crippen LogP) is 5.26. The van der Waals surface area contributed by atoms with Crippen molar-refractivity contribution in [3.05, 3.63) is 92.3 Å². The van der Waals surface area contributed by atoms with Crippen LogP contribution < -0.4 is 21.2 Å². The number of nitrogens with one attached hydrogen (secondary N) is 4. The Bertz CT molecular complexity index is 1900. The summed E-state index contributed by atoms with van der Waals surface area (Å²) in [6.07, 6.45) is 1.59. The lowest BCUT2D eigenvalue weighted by atomic mass is 10.2. The number of anilines is 3. The van der Waals surface area contributed by atoms with Crippen molar-refractivity contribution in [2.75, 3.05) is 10.7 Å². The standard InChI is InChI=1S/C25H17Cl2N9O3/c26-15-6-5-14(17(27)9-15)12-38-20-4-2-1-3-13(20)11-28-34-22-21(32-23-24(33-22)36-39-35-23)29-16-7-8-18-19(10-16)31-25(37)30-18/h1-11H,12H2,(H,29,32,35)(H2,30,31,37)(H,33,34,36). The highest BCUT2D eigenvalue weighted by Gasteiger charge is 2.13. The van der Waals surface area contributed by atoms with Gasteiger partial charge in [-0.05, 0) is 52.8 Å². The van der Waals surface area contributed by atoms with Crippen LogP contribution in [0, 0.1) is 0 Å². The van der Waals surface area contributed by atoms with Crippen LogP contribution in [0.3, 0.4) is 0 Å². The van der Waals surface area contributed by atoms with E-state index in [0.717, 1.165) is 5.56 Å². The maximum Gasteiger partial charge on any atom is 0.323 e. The van der Waals surface area contributed by atoms with Gasteiger partial charge in [0.05, 0.1) is 17.2 Å². The van der Waals surface area contributed by atoms with E-state index in [-0.39, 0.29) is 29.4 Å². The molecule has 3 aromatic carbocycles. The highest BCUT2D eigenvalue weighted by molar-refractivity contribution is 6.35. The lowest BCUT2D eigenvalue weighted by Crippen LogP contribution is -2.04. The minimum Gasteiger partial charge on any atom is -0.488 e. The van der Waals surface area contributed by atoms with Gasteiger partial charge in [0.25, 0.3) is 0 Å². The van der Waals surface area contributed by atoms with E-state index in [9.17, 15) is 4.79 Å². The fourth-order valence-electron chi connectivity index (χ4n) is 3.73. The molecule has 0 radical (unpaired) electrons. The molecule has 0 spiro atoms. The molecule has 0 saturated carbocycles. The number of ether oxygens (including phenoxy) is 1. The van der Waals surface area contributed by atoms with Gasteiger partial charge in [0.2, 0.25) is 11.3 Å². The zero-order valence-electron chi connectivity index (χ0n) is 19.8. The Morgan fingerprint density at radius 3 is 2.59 bits per heavy atom. The number of para-hydroxylation sites is 1. The van der Waals surface area contributed by atoms with Crippen LogP contribution >= 0.6 is 23.2 Å². The Kier molecular flexibility index (Phi) is 6.53. The molecule has 194 valence electrons. The Morgan fingerprint density at radius 2 is 1.74 bits per heavy atom. The van der Waals surface area contributed by atoms with Gasteiger partial charge in [0, 0.05) is 26.9 Å². The van der Waals surface area contributed by atoms with Crippen molar-refractivity contribution in [3.8, 4) is 5.75 Å². The molecule has 6 aromatic rings. The molecule has 0 saturated heterocycles. The number of hydrogen-bond acceptors (Lipinski definition) is 10. The number of aromatic nitrogens is 6. The van der Waals surface area contributed by atoms with Crippen molar-refractivity contribution in [2.45, 2.75) is 6.61 Å². The summed E-state index contributed by atoms with van der Waals surface area (Å²) < 4.78 is 10.7. The minimum absolute atomic E-state index is 0.201. The fourth-order valence-corrected chi connectivity index (χ4v) is 4.19. The van der Waals surface area contributed by atoms with Crippen LogP contribution in [0.4, 0.5) is 17.3 Å². The molecule has 0 aliphatic carbocycles. The van der Waals surface area contributed by atoms with Crippen LogP contribution in [0.5, 0.6) is 5.75 Å². The molecule has 3 aromatic heterocycles. The number of aromatic amines is 2. The van der Waals surface area contributed by atoms with Gasteiger partial charge in [-0.25, -0.2) is 14.4 Å². The molecule has 14 heteroatoms. The first-order chi connectivity index (χ1) is 19.0. The van der Waals surface area contributed by atoms with Gasteiger partial charge in [0.15, 0.2) is 11.6 Å². The molecule has 3 heterocycles. The molecule has 0 bridgehead atoms. The van der Waals surface area contributed by atoms with Crippen molar-refractivity contribution in [1.29, 1.82) is 0 Å². The second kappa shape index (κ2) is 10.4. The lowest BCUT2D eigenvalue weighted by molar-refractivity contribution is 0.306. The van der Waals surface area contributed by atoms with E-state index in [1.807, 2.05) is 30.3 Å². The molecule has 0 atom stereocenters. The molecule has 6 rings (SSSR count). The van der Waals surface area contributed by atoms with Crippen LogP contribution in [-0.2, 0) is 6.61 Å². The number of imidazole rings is 1. The highest BCUT2D eigenvalue weighted by atomic mass is 35.5. The van der Waals surface area contributed by atoms with Crippen LogP contribution in [-0.4, -0.2) is 36.5 Å². The smallest absolute Gasteiger partial charge is 0.323 e. The molecule has 0 aliphatic heterocycles. The van der Waals surface area contributed by atoms with Gasteiger partial charge in [0.1, 0.15) is 12.4 Å². The number of hydrazone groups is 1. The SMILES string of the molecule is O=c1[nH]c2ccc(Nc3nc4nonc4nc3NN=Cc3ccccc3OCc3ccc(Cl)cc3Cl)cc2[nH]1. The third-order valence-corrected chi connectivity index (χ3v) is 6.17. The number of fused-ring (bicyclic) bond motifs is 2. The zero-order chi connectivity index (χ0) is 26.8. The third-order valence-electron chi connectivity index (χ3n) is 5.58. The maximum atomic E-state index is 11.6. The van der Waals surface area contributed by atoms with E-state index in [4.69, 9.17) is 32.6 Å². The van der Waals surface area contributed by atoms with E-state index >= 15 is 0 Å². The maximum absolute atomic E-state index is 11.6. The molecule has 0 aliphatic rings. The van der Waals surface area contributed by atoms with Crippen LogP contribution in [0.25, 0.3) is 22.3 Å². The van der Waals surface area contributed by atoms with Crippen molar-refractivity contribution in [1.82, 2.24) is 30.2 Å². The summed E-state index contributed by atoms with van der Waals surface area (Å²) in [5.41, 5.74) is 6.47. The number of benzene rings is 3. The first kappa shape index (κ1) is 24.4. The summed E-state index contributed by atoms with van der Waals surface area (Å²) in [6, 6.07) is 18.0. The van der Waals surface area contributed by atoms with Gasteiger partial charge in [-0.2, -0.15) is 10.1 Å². The molecule has 0 amide bonds. The molecule has 0 unspecified atom stereocenters. The molecule has 4 N–H and O–H groups in total. The summed E-state index contributed by atoms with van der Waals surface area (Å²) >= 11 is 12.3.